The average Bonchev–Trinajstić information content (AvgIpc) is 3.13. The van der Waals surface area contributed by atoms with Crippen molar-refractivity contribution in [3.63, 3.8) is 0 Å². The molecule has 2 aromatic carbocycles. The first-order chi connectivity index (χ1) is 14.7. The van der Waals surface area contributed by atoms with Gasteiger partial charge in [-0.2, -0.15) is 13.2 Å². The van der Waals surface area contributed by atoms with Crippen molar-refractivity contribution >= 4 is 22.8 Å². The van der Waals surface area contributed by atoms with Gasteiger partial charge in [-0.15, -0.1) is 5.10 Å². The van der Waals surface area contributed by atoms with Crippen LogP contribution in [-0.2, 0) is 12.7 Å². The van der Waals surface area contributed by atoms with Gasteiger partial charge in [-0.05, 0) is 29.8 Å². The second-order valence-electron chi connectivity index (χ2n) is 6.46. The molecule has 8 nitrogen and oxygen atoms in total. The smallest absolute Gasteiger partial charge is 0.317 e. The molecule has 158 valence electrons. The molecule has 0 spiro atoms. The van der Waals surface area contributed by atoms with E-state index in [9.17, 15) is 27.2 Å². The Kier molecular flexibility index (Phi) is 4.97. The summed E-state index contributed by atoms with van der Waals surface area (Å²) in [6.07, 6.45) is -4.46. The molecule has 2 aromatic heterocycles. The number of aromatic nitrogens is 5. The quantitative estimate of drug-likeness (QED) is 0.483. The van der Waals surface area contributed by atoms with Gasteiger partial charge < -0.3 is 10.3 Å². The first-order valence-corrected chi connectivity index (χ1v) is 8.78. The Balaban J connectivity index is 1.64. The summed E-state index contributed by atoms with van der Waals surface area (Å²) >= 11 is 0. The molecular weight excluding hydrogens is 420 g/mol. The summed E-state index contributed by atoms with van der Waals surface area (Å²) in [5, 5.41) is 9.79. The van der Waals surface area contributed by atoms with Crippen molar-refractivity contribution in [1.82, 2.24) is 25.0 Å². The minimum atomic E-state index is -4.46. The Labute approximate surface area is 170 Å². The third-order valence-electron chi connectivity index (χ3n) is 4.32. The predicted molar refractivity (Wildman–Crippen MR) is 101 cm³/mol. The molecule has 0 atom stereocenters. The number of aromatic amines is 1. The highest BCUT2D eigenvalue weighted by atomic mass is 19.4. The Hall–Kier alpha value is -4.09. The summed E-state index contributed by atoms with van der Waals surface area (Å²) in [5.41, 5.74) is -1.42. The van der Waals surface area contributed by atoms with Crippen molar-refractivity contribution in [3.05, 3.63) is 81.7 Å². The van der Waals surface area contributed by atoms with Crippen LogP contribution in [-0.4, -0.2) is 30.9 Å². The normalized spacial score (nSPS) is 11.6. The highest BCUT2D eigenvalue weighted by Crippen LogP contribution is 2.29. The maximum Gasteiger partial charge on any atom is 0.416 e. The molecule has 2 N–H and O–H groups in total. The fourth-order valence-electron chi connectivity index (χ4n) is 2.80. The number of hydrogen-bond donors (Lipinski definition) is 2. The maximum absolute atomic E-state index is 13.8. The van der Waals surface area contributed by atoms with Gasteiger partial charge in [-0.3, -0.25) is 9.59 Å². The van der Waals surface area contributed by atoms with E-state index in [0.717, 1.165) is 18.2 Å². The summed E-state index contributed by atoms with van der Waals surface area (Å²) in [5.74, 6) is -1.95. The van der Waals surface area contributed by atoms with E-state index in [1.54, 1.807) is 0 Å². The summed E-state index contributed by atoms with van der Waals surface area (Å²) < 4.78 is 53.1. The minimum Gasteiger partial charge on any atom is -0.317 e. The summed E-state index contributed by atoms with van der Waals surface area (Å²) in [7, 11) is 0. The van der Waals surface area contributed by atoms with E-state index < -0.39 is 34.8 Å². The molecule has 0 radical (unpaired) electrons. The molecule has 0 bridgehead atoms. The zero-order valence-electron chi connectivity index (χ0n) is 15.4. The molecule has 31 heavy (non-hydrogen) atoms. The van der Waals surface area contributed by atoms with Gasteiger partial charge in [-0.1, -0.05) is 29.5 Å². The van der Waals surface area contributed by atoms with Crippen LogP contribution in [0.5, 0.6) is 0 Å². The van der Waals surface area contributed by atoms with Gasteiger partial charge in [0.2, 0.25) is 5.82 Å². The van der Waals surface area contributed by atoms with Crippen molar-refractivity contribution in [3.8, 4) is 0 Å². The van der Waals surface area contributed by atoms with Gasteiger partial charge in [-0.25, -0.2) is 14.1 Å². The summed E-state index contributed by atoms with van der Waals surface area (Å²) in [6.45, 7) is -0.0422. The number of alkyl halides is 3. The Morgan fingerprint density at radius 1 is 1.10 bits per heavy atom. The first-order valence-electron chi connectivity index (χ1n) is 8.78. The Morgan fingerprint density at radius 3 is 2.48 bits per heavy atom. The molecule has 4 aromatic rings. The maximum atomic E-state index is 13.8. The molecule has 0 aliphatic carbocycles. The largest absolute Gasteiger partial charge is 0.416 e. The van der Waals surface area contributed by atoms with Crippen LogP contribution in [0.2, 0.25) is 0 Å². The molecule has 4 rings (SSSR count). The van der Waals surface area contributed by atoms with E-state index in [1.165, 1.54) is 35.0 Å². The van der Waals surface area contributed by atoms with Gasteiger partial charge >= 0.3 is 6.18 Å². The molecule has 0 aliphatic heterocycles. The van der Waals surface area contributed by atoms with E-state index in [1.807, 2.05) is 0 Å². The molecule has 0 fully saturated rings. The van der Waals surface area contributed by atoms with E-state index in [2.05, 4.69) is 25.6 Å². The second kappa shape index (κ2) is 7.63. The fourth-order valence-corrected chi connectivity index (χ4v) is 2.80. The molecule has 0 saturated carbocycles. The molecule has 0 saturated heterocycles. The second-order valence-corrected chi connectivity index (χ2v) is 6.46. The van der Waals surface area contributed by atoms with Crippen molar-refractivity contribution < 1.29 is 22.4 Å². The van der Waals surface area contributed by atoms with Crippen LogP contribution >= 0.6 is 0 Å². The van der Waals surface area contributed by atoms with Crippen molar-refractivity contribution in [2.75, 3.05) is 5.32 Å². The number of benzene rings is 2. The SMILES string of the molecule is O=C(Nc1ccccc1F)c1nc2c(nnn2Cc2ccc(C(F)(F)F)cc2)c(=O)[nH]1. The van der Waals surface area contributed by atoms with Gasteiger partial charge in [0, 0.05) is 0 Å². The number of anilines is 1. The van der Waals surface area contributed by atoms with Gasteiger partial charge in [0.25, 0.3) is 11.5 Å². The minimum absolute atomic E-state index is 0.0422. The van der Waals surface area contributed by atoms with Crippen molar-refractivity contribution in [2.24, 2.45) is 0 Å². The highest BCUT2D eigenvalue weighted by molar-refractivity contribution is 6.02. The lowest BCUT2D eigenvalue weighted by Gasteiger charge is -2.08. The van der Waals surface area contributed by atoms with Gasteiger partial charge in [0.05, 0.1) is 17.8 Å². The number of rotatable bonds is 4. The van der Waals surface area contributed by atoms with Gasteiger partial charge in [0.15, 0.2) is 11.2 Å². The molecule has 0 unspecified atom stereocenters. The fraction of sp³-hybridized carbons (Fsp3) is 0.105. The number of H-pyrrole nitrogens is 1. The van der Waals surface area contributed by atoms with Crippen LogP contribution < -0.4 is 10.9 Å². The lowest BCUT2D eigenvalue weighted by Crippen LogP contribution is -2.22. The Bertz CT molecular complexity index is 1330. The van der Waals surface area contributed by atoms with Crippen molar-refractivity contribution in [1.29, 1.82) is 0 Å². The van der Waals surface area contributed by atoms with Crippen LogP contribution in [0.3, 0.4) is 0 Å². The monoisotopic (exact) mass is 432 g/mol. The zero-order valence-corrected chi connectivity index (χ0v) is 15.4. The number of fused-ring (bicyclic) bond motifs is 1. The molecule has 12 heteroatoms. The van der Waals surface area contributed by atoms with Crippen molar-refractivity contribution in [2.45, 2.75) is 12.7 Å². The standard InChI is InChI=1S/C19H12F4N6O2/c20-12-3-1-2-4-13(12)24-18(31)15-25-16-14(17(30)26-15)27-28-29(16)9-10-5-7-11(8-6-10)19(21,22)23/h1-8H,9H2,(H,24,31)(H,25,26,30). The number of hydrogen-bond acceptors (Lipinski definition) is 5. The van der Waals surface area contributed by atoms with E-state index in [0.29, 0.717) is 5.56 Å². The zero-order chi connectivity index (χ0) is 22.2. The van der Waals surface area contributed by atoms with Gasteiger partial charge in [0.1, 0.15) is 5.82 Å². The third kappa shape index (κ3) is 4.13. The molecule has 1 amide bonds. The lowest BCUT2D eigenvalue weighted by molar-refractivity contribution is -0.137. The number of carbonyl (C=O) groups excluding carboxylic acids is 1. The summed E-state index contributed by atoms with van der Waals surface area (Å²) in [6, 6.07) is 9.80. The van der Waals surface area contributed by atoms with E-state index in [4.69, 9.17) is 0 Å². The number of amides is 1. The molecule has 2 heterocycles. The molecular formula is C19H12F4N6O2. The van der Waals surface area contributed by atoms with Crippen LogP contribution in [0.15, 0.2) is 53.3 Å². The van der Waals surface area contributed by atoms with Crippen LogP contribution in [0.4, 0.5) is 23.2 Å². The number of carbonyl (C=O) groups is 1. The average molecular weight is 432 g/mol. The van der Waals surface area contributed by atoms with E-state index in [-0.39, 0.29) is 23.4 Å². The topological polar surface area (TPSA) is 106 Å². The predicted octanol–water partition coefficient (Wildman–Crippen LogP) is 2.97. The first kappa shape index (κ1) is 20.2. The van der Waals surface area contributed by atoms with E-state index >= 15 is 0 Å². The number of para-hydroxylation sites is 1. The number of nitrogens with zero attached hydrogens (tertiary/aromatic N) is 4. The molecule has 0 aliphatic rings. The van der Waals surface area contributed by atoms with Crippen LogP contribution in [0.1, 0.15) is 21.7 Å². The third-order valence-corrected chi connectivity index (χ3v) is 4.32. The Morgan fingerprint density at radius 2 is 1.81 bits per heavy atom. The lowest BCUT2D eigenvalue weighted by atomic mass is 10.1. The number of halogens is 4. The highest BCUT2D eigenvalue weighted by Gasteiger charge is 2.30. The van der Waals surface area contributed by atoms with Crippen LogP contribution in [0.25, 0.3) is 11.2 Å². The van der Waals surface area contributed by atoms with Crippen LogP contribution in [0, 0.1) is 5.82 Å². The number of nitrogens with one attached hydrogen (secondary N) is 2. The summed E-state index contributed by atoms with van der Waals surface area (Å²) in [4.78, 5) is 31.0.